The molecule has 2 N–H and O–H groups in total. The van der Waals surface area contributed by atoms with Crippen LogP contribution in [0.25, 0.3) is 0 Å². The van der Waals surface area contributed by atoms with Gasteiger partial charge in [0, 0.05) is 19.1 Å². The Kier molecular flexibility index (Phi) is 3.89. The summed E-state index contributed by atoms with van der Waals surface area (Å²) in [5, 5.41) is 0. The molecule has 4 saturated carbocycles. The zero-order chi connectivity index (χ0) is 19.8. The molecule has 6 rings (SSSR count). The van der Waals surface area contributed by atoms with Crippen LogP contribution >= 0.6 is 0 Å². The summed E-state index contributed by atoms with van der Waals surface area (Å²) in [6.07, 6.45) is 8.03. The molecule has 28 heavy (non-hydrogen) atoms. The van der Waals surface area contributed by atoms with Crippen molar-refractivity contribution in [3.63, 3.8) is 0 Å². The van der Waals surface area contributed by atoms with Gasteiger partial charge in [0.1, 0.15) is 0 Å². The number of hydrogen-bond acceptors (Lipinski definition) is 2. The maximum atomic E-state index is 14.0. The minimum atomic E-state index is -0.151. The van der Waals surface area contributed by atoms with Gasteiger partial charge in [0.05, 0.1) is 5.41 Å². The predicted molar refractivity (Wildman–Crippen MR) is 113 cm³/mol. The molecule has 1 saturated heterocycles. The summed E-state index contributed by atoms with van der Waals surface area (Å²) in [4.78, 5) is 16.2. The highest BCUT2D eigenvalue weighted by atomic mass is 16.2. The Morgan fingerprint density at radius 2 is 1.79 bits per heavy atom. The Labute approximate surface area is 170 Å². The highest BCUT2D eigenvalue weighted by Crippen LogP contribution is 2.70. The molecule has 4 bridgehead atoms. The van der Waals surface area contributed by atoms with Crippen molar-refractivity contribution in [1.82, 2.24) is 4.90 Å². The van der Waals surface area contributed by atoms with E-state index in [1.807, 2.05) is 0 Å². The van der Waals surface area contributed by atoms with E-state index in [4.69, 9.17) is 5.73 Å². The lowest BCUT2D eigenvalue weighted by Gasteiger charge is -2.66. The topological polar surface area (TPSA) is 46.3 Å². The first-order chi connectivity index (χ1) is 13.2. The molecule has 1 heterocycles. The van der Waals surface area contributed by atoms with Gasteiger partial charge in [-0.1, -0.05) is 51.1 Å². The zero-order valence-electron chi connectivity index (χ0n) is 17.8. The molecule has 0 spiro atoms. The highest BCUT2D eigenvalue weighted by molar-refractivity contribution is 5.84. The Morgan fingerprint density at radius 3 is 2.46 bits per heavy atom. The summed E-state index contributed by atoms with van der Waals surface area (Å²) < 4.78 is 0. The smallest absolute Gasteiger partial charge is 0.228 e. The van der Waals surface area contributed by atoms with Crippen LogP contribution in [-0.4, -0.2) is 29.9 Å². The van der Waals surface area contributed by atoms with Crippen LogP contribution < -0.4 is 5.73 Å². The van der Waals surface area contributed by atoms with Gasteiger partial charge in [0.2, 0.25) is 5.91 Å². The predicted octanol–water partition coefficient (Wildman–Crippen LogP) is 4.50. The molecule has 152 valence electrons. The number of piperidine rings is 1. The number of nitrogens with two attached hydrogens (primary N) is 1. The second-order valence-electron chi connectivity index (χ2n) is 11.9. The number of nitrogens with zero attached hydrogens (tertiary/aromatic N) is 1. The van der Waals surface area contributed by atoms with E-state index in [0.29, 0.717) is 17.2 Å². The van der Waals surface area contributed by atoms with Crippen LogP contribution in [0.2, 0.25) is 0 Å². The summed E-state index contributed by atoms with van der Waals surface area (Å²) in [6.45, 7) is 8.57. The lowest BCUT2D eigenvalue weighted by atomic mass is 9.38. The SMILES string of the molecule is CC1(C)CN(C(=O)C23CC4C[C@@](C)(C2)C[C@](c2ccccc2)(C4)C3)CCC1N. The molecule has 3 nitrogen and oxygen atoms in total. The van der Waals surface area contributed by atoms with Gasteiger partial charge in [-0.25, -0.2) is 0 Å². The van der Waals surface area contributed by atoms with E-state index in [1.54, 1.807) is 0 Å². The Morgan fingerprint density at radius 1 is 1.04 bits per heavy atom. The third-order valence-electron chi connectivity index (χ3n) is 8.79. The molecule has 3 heteroatoms. The molecule has 1 amide bonds. The van der Waals surface area contributed by atoms with E-state index in [-0.39, 0.29) is 22.3 Å². The fourth-order valence-corrected chi connectivity index (χ4v) is 8.16. The molecule has 3 unspecified atom stereocenters. The molecule has 4 aliphatic carbocycles. The number of carbonyl (C=O) groups excluding carboxylic acids is 1. The van der Waals surface area contributed by atoms with Gasteiger partial charge in [-0.05, 0) is 72.7 Å². The standard InChI is InChI=1S/C25H36N2O/c1-22(2)17-27(10-9-20(22)26)21(28)25-13-18-11-23(3,15-25)14-24(12-18,16-25)19-7-5-4-6-8-19/h4-8,18,20H,9-17,26H2,1-3H3/t18?,20?,23-,24-,25?/m1/s1. The third-order valence-corrected chi connectivity index (χ3v) is 8.79. The molecule has 5 atom stereocenters. The maximum Gasteiger partial charge on any atom is 0.228 e. The van der Waals surface area contributed by atoms with Crippen molar-refractivity contribution in [2.75, 3.05) is 13.1 Å². The summed E-state index contributed by atoms with van der Waals surface area (Å²) in [6, 6.07) is 11.3. The van der Waals surface area contributed by atoms with Gasteiger partial charge in [0.15, 0.2) is 0 Å². The first kappa shape index (κ1) is 18.7. The molecule has 0 radical (unpaired) electrons. The first-order valence-corrected chi connectivity index (χ1v) is 11.3. The van der Waals surface area contributed by atoms with Crippen molar-refractivity contribution >= 4 is 5.91 Å². The number of benzene rings is 1. The zero-order valence-corrected chi connectivity index (χ0v) is 17.8. The first-order valence-electron chi connectivity index (χ1n) is 11.3. The lowest BCUT2D eigenvalue weighted by Crippen LogP contribution is -2.64. The second-order valence-corrected chi connectivity index (χ2v) is 11.9. The summed E-state index contributed by atoms with van der Waals surface area (Å²) >= 11 is 0. The average Bonchev–Trinajstić information content (AvgIpc) is 2.62. The molecule has 0 aromatic heterocycles. The largest absolute Gasteiger partial charge is 0.342 e. The van der Waals surface area contributed by atoms with E-state index in [0.717, 1.165) is 38.8 Å². The number of carbonyl (C=O) groups is 1. The third kappa shape index (κ3) is 2.69. The van der Waals surface area contributed by atoms with Gasteiger partial charge in [-0.15, -0.1) is 0 Å². The van der Waals surface area contributed by atoms with Crippen molar-refractivity contribution in [3.8, 4) is 0 Å². The molecule has 5 fully saturated rings. The molecular weight excluding hydrogens is 344 g/mol. The highest BCUT2D eigenvalue weighted by Gasteiger charge is 2.65. The van der Waals surface area contributed by atoms with Crippen molar-refractivity contribution in [1.29, 1.82) is 0 Å². The van der Waals surface area contributed by atoms with Crippen LogP contribution in [-0.2, 0) is 10.2 Å². The minimum absolute atomic E-state index is 0.0111. The van der Waals surface area contributed by atoms with Crippen LogP contribution in [0.4, 0.5) is 0 Å². The van der Waals surface area contributed by atoms with Crippen LogP contribution in [0.3, 0.4) is 0 Å². The van der Waals surface area contributed by atoms with Crippen LogP contribution in [0, 0.1) is 22.2 Å². The number of hydrogen-bond donors (Lipinski definition) is 1. The van der Waals surface area contributed by atoms with E-state index in [9.17, 15) is 4.79 Å². The summed E-state index contributed by atoms with van der Waals surface area (Å²) in [5.41, 5.74) is 8.21. The number of rotatable bonds is 2. The van der Waals surface area contributed by atoms with Crippen molar-refractivity contribution in [3.05, 3.63) is 35.9 Å². The summed E-state index contributed by atoms with van der Waals surface area (Å²) in [7, 11) is 0. The van der Waals surface area contributed by atoms with Gasteiger partial charge in [-0.3, -0.25) is 4.79 Å². The summed E-state index contributed by atoms with van der Waals surface area (Å²) in [5.74, 6) is 1.15. The molecule has 1 aromatic rings. The molecule has 1 aliphatic heterocycles. The van der Waals surface area contributed by atoms with Crippen LogP contribution in [0.15, 0.2) is 30.3 Å². The van der Waals surface area contributed by atoms with E-state index >= 15 is 0 Å². The van der Waals surface area contributed by atoms with E-state index < -0.39 is 0 Å². The maximum absolute atomic E-state index is 14.0. The molecular formula is C25H36N2O. The number of likely N-dealkylation sites (tertiary alicyclic amines) is 1. The van der Waals surface area contributed by atoms with Gasteiger partial charge >= 0.3 is 0 Å². The molecule has 1 aromatic carbocycles. The van der Waals surface area contributed by atoms with Crippen molar-refractivity contribution in [2.45, 2.75) is 77.2 Å². The van der Waals surface area contributed by atoms with Crippen molar-refractivity contribution in [2.24, 2.45) is 27.9 Å². The van der Waals surface area contributed by atoms with Gasteiger partial charge in [-0.2, -0.15) is 0 Å². The van der Waals surface area contributed by atoms with Crippen LogP contribution in [0.5, 0.6) is 0 Å². The molecule has 5 aliphatic rings. The van der Waals surface area contributed by atoms with E-state index in [2.05, 4.69) is 56.0 Å². The minimum Gasteiger partial charge on any atom is -0.342 e. The normalized spacial score (nSPS) is 43.9. The number of amides is 1. The van der Waals surface area contributed by atoms with Gasteiger partial charge in [0.25, 0.3) is 0 Å². The lowest BCUT2D eigenvalue weighted by molar-refractivity contribution is -0.173. The Bertz CT molecular complexity index is 789. The second kappa shape index (κ2) is 5.84. The fraction of sp³-hybridized carbons (Fsp3) is 0.720. The fourth-order valence-electron chi connectivity index (χ4n) is 8.16. The average molecular weight is 381 g/mol. The Hall–Kier alpha value is -1.35. The van der Waals surface area contributed by atoms with Crippen molar-refractivity contribution < 1.29 is 4.79 Å². The van der Waals surface area contributed by atoms with Gasteiger partial charge < -0.3 is 10.6 Å². The quantitative estimate of drug-likeness (QED) is 0.821. The monoisotopic (exact) mass is 380 g/mol. The van der Waals surface area contributed by atoms with Crippen LogP contribution in [0.1, 0.15) is 71.3 Å². The Balaban J connectivity index is 1.50. The van der Waals surface area contributed by atoms with E-state index in [1.165, 1.54) is 24.8 Å².